The molecule has 1 aliphatic heterocycles. The largest absolute Gasteiger partial charge is 0.489 e. The minimum Gasteiger partial charge on any atom is -0.489 e. The molecule has 3 aromatic carbocycles. The predicted molar refractivity (Wildman–Crippen MR) is 111 cm³/mol. The Morgan fingerprint density at radius 3 is 2.50 bits per heavy atom. The van der Waals surface area contributed by atoms with Crippen LogP contribution in [0.4, 0.5) is 0 Å². The van der Waals surface area contributed by atoms with E-state index in [1.807, 2.05) is 31.2 Å². The summed E-state index contributed by atoms with van der Waals surface area (Å²) >= 11 is 12.4. The van der Waals surface area contributed by atoms with Crippen LogP contribution in [-0.2, 0) is 6.61 Å². The molecule has 0 spiro atoms. The van der Waals surface area contributed by atoms with Gasteiger partial charge in [-0.2, -0.15) is 0 Å². The van der Waals surface area contributed by atoms with E-state index in [1.165, 1.54) is 0 Å². The number of halogens is 2. The average molecular weight is 411 g/mol. The Morgan fingerprint density at radius 1 is 1.00 bits per heavy atom. The fraction of sp³-hybridized carbons (Fsp3) is 0.0870. The standard InChI is InChI=1S/C23H16Cl2O3/c1-14-5-2-3-6-15(14)11-22-23(26)17-10-9-16(12-21(17)28-22)27-13-18-19(24)7-4-8-20(18)25/h2-12H,13H2,1H3/b22-11-. The smallest absolute Gasteiger partial charge is 0.231 e. The molecule has 5 heteroatoms. The SMILES string of the molecule is Cc1ccccc1/C=C1\Oc2cc(OCc3c(Cl)cccc3Cl)ccc2C1=O. The third-order valence-corrected chi connectivity index (χ3v) is 5.27. The third-order valence-electron chi connectivity index (χ3n) is 4.56. The fourth-order valence-electron chi connectivity index (χ4n) is 2.97. The summed E-state index contributed by atoms with van der Waals surface area (Å²) in [5.41, 5.74) is 3.25. The molecule has 140 valence electrons. The number of allylic oxidation sites excluding steroid dienone is 1. The Balaban J connectivity index is 1.55. The van der Waals surface area contributed by atoms with Gasteiger partial charge in [0.2, 0.25) is 5.78 Å². The number of carbonyl (C=O) groups excluding carboxylic acids is 1. The van der Waals surface area contributed by atoms with Crippen molar-refractivity contribution in [2.45, 2.75) is 13.5 Å². The molecule has 1 aliphatic rings. The second-order valence-electron chi connectivity index (χ2n) is 6.44. The molecule has 0 aromatic heterocycles. The van der Waals surface area contributed by atoms with E-state index in [0.29, 0.717) is 38.4 Å². The van der Waals surface area contributed by atoms with E-state index in [2.05, 4.69) is 0 Å². The Kier molecular flexibility index (Phi) is 5.12. The monoisotopic (exact) mass is 410 g/mol. The first kappa shape index (κ1) is 18.6. The van der Waals surface area contributed by atoms with Crippen LogP contribution in [0.25, 0.3) is 6.08 Å². The second kappa shape index (κ2) is 7.70. The average Bonchev–Trinajstić information content (AvgIpc) is 2.98. The molecular formula is C23H16Cl2O3. The van der Waals surface area contributed by atoms with Crippen molar-refractivity contribution in [2.24, 2.45) is 0 Å². The summed E-state index contributed by atoms with van der Waals surface area (Å²) in [5.74, 6) is 1.21. The molecule has 0 saturated heterocycles. The van der Waals surface area contributed by atoms with Gasteiger partial charge in [-0.25, -0.2) is 0 Å². The Hall–Kier alpha value is -2.75. The zero-order valence-corrected chi connectivity index (χ0v) is 16.6. The van der Waals surface area contributed by atoms with Gasteiger partial charge >= 0.3 is 0 Å². The van der Waals surface area contributed by atoms with Gasteiger partial charge in [0.05, 0.1) is 5.56 Å². The number of fused-ring (bicyclic) bond motifs is 1. The number of hydrogen-bond donors (Lipinski definition) is 0. The first-order valence-corrected chi connectivity index (χ1v) is 9.48. The highest BCUT2D eigenvalue weighted by Crippen LogP contribution is 2.35. The molecule has 0 atom stereocenters. The summed E-state index contributed by atoms with van der Waals surface area (Å²) in [7, 11) is 0. The second-order valence-corrected chi connectivity index (χ2v) is 7.26. The highest BCUT2D eigenvalue weighted by molar-refractivity contribution is 6.35. The maximum absolute atomic E-state index is 12.6. The lowest BCUT2D eigenvalue weighted by atomic mass is 10.1. The Bertz CT molecular complexity index is 1080. The van der Waals surface area contributed by atoms with Crippen LogP contribution in [0.5, 0.6) is 11.5 Å². The van der Waals surface area contributed by atoms with Gasteiger partial charge < -0.3 is 9.47 Å². The van der Waals surface area contributed by atoms with Crippen molar-refractivity contribution in [1.82, 2.24) is 0 Å². The number of Topliss-reactive ketones (excluding diaryl/α,β-unsaturated/α-hetero) is 1. The van der Waals surface area contributed by atoms with Crippen molar-refractivity contribution >= 4 is 35.1 Å². The Morgan fingerprint density at radius 2 is 1.75 bits per heavy atom. The molecule has 1 heterocycles. The number of rotatable bonds is 4. The van der Waals surface area contributed by atoms with Crippen LogP contribution in [0.3, 0.4) is 0 Å². The quantitative estimate of drug-likeness (QED) is 0.460. The lowest BCUT2D eigenvalue weighted by Gasteiger charge is -2.10. The molecule has 0 unspecified atom stereocenters. The lowest BCUT2D eigenvalue weighted by Crippen LogP contribution is -1.98. The Labute approximate surface area is 173 Å². The first-order chi connectivity index (χ1) is 13.5. The van der Waals surface area contributed by atoms with Gasteiger partial charge in [0, 0.05) is 21.7 Å². The highest BCUT2D eigenvalue weighted by atomic mass is 35.5. The van der Waals surface area contributed by atoms with E-state index in [1.54, 1.807) is 42.5 Å². The molecule has 0 saturated carbocycles. The number of hydrogen-bond acceptors (Lipinski definition) is 3. The number of carbonyl (C=O) groups is 1. The molecule has 0 amide bonds. The van der Waals surface area contributed by atoms with Crippen molar-refractivity contribution in [3.63, 3.8) is 0 Å². The minimum absolute atomic E-state index is 0.140. The third kappa shape index (κ3) is 3.64. The molecular weight excluding hydrogens is 395 g/mol. The zero-order valence-electron chi connectivity index (χ0n) is 15.0. The van der Waals surface area contributed by atoms with Crippen LogP contribution in [0, 0.1) is 6.92 Å². The molecule has 0 aliphatic carbocycles. The molecule has 4 rings (SSSR count). The number of ketones is 1. The maximum Gasteiger partial charge on any atom is 0.231 e. The van der Waals surface area contributed by atoms with E-state index in [4.69, 9.17) is 32.7 Å². The predicted octanol–water partition coefficient (Wildman–Crippen LogP) is 6.50. The maximum atomic E-state index is 12.6. The molecule has 0 radical (unpaired) electrons. The first-order valence-electron chi connectivity index (χ1n) is 8.72. The van der Waals surface area contributed by atoms with E-state index in [0.717, 1.165) is 11.1 Å². The molecule has 0 bridgehead atoms. The summed E-state index contributed by atoms with van der Waals surface area (Å²) in [6.07, 6.45) is 1.77. The minimum atomic E-state index is -0.140. The molecule has 0 fully saturated rings. The van der Waals surface area contributed by atoms with Gasteiger partial charge in [0.25, 0.3) is 0 Å². The summed E-state index contributed by atoms with van der Waals surface area (Å²) in [6, 6.07) is 18.3. The van der Waals surface area contributed by atoms with Gasteiger partial charge in [0.15, 0.2) is 5.76 Å². The van der Waals surface area contributed by atoms with Crippen molar-refractivity contribution in [2.75, 3.05) is 0 Å². The fourth-order valence-corrected chi connectivity index (χ4v) is 3.48. The number of benzene rings is 3. The van der Waals surface area contributed by atoms with Crippen LogP contribution < -0.4 is 9.47 Å². The van der Waals surface area contributed by atoms with Crippen LogP contribution in [-0.4, -0.2) is 5.78 Å². The van der Waals surface area contributed by atoms with Crippen LogP contribution in [0.1, 0.15) is 27.0 Å². The topological polar surface area (TPSA) is 35.5 Å². The van der Waals surface area contributed by atoms with Gasteiger partial charge in [0.1, 0.15) is 18.1 Å². The summed E-state index contributed by atoms with van der Waals surface area (Å²) in [4.78, 5) is 12.6. The van der Waals surface area contributed by atoms with Gasteiger partial charge in [-0.3, -0.25) is 4.79 Å². The summed E-state index contributed by atoms with van der Waals surface area (Å²) < 4.78 is 11.6. The zero-order chi connectivity index (χ0) is 19.7. The highest BCUT2D eigenvalue weighted by Gasteiger charge is 2.28. The van der Waals surface area contributed by atoms with E-state index >= 15 is 0 Å². The van der Waals surface area contributed by atoms with E-state index in [-0.39, 0.29) is 12.4 Å². The van der Waals surface area contributed by atoms with Crippen molar-refractivity contribution in [3.8, 4) is 11.5 Å². The number of ether oxygens (including phenoxy) is 2. The molecule has 0 N–H and O–H groups in total. The molecule has 3 aromatic rings. The van der Waals surface area contributed by atoms with Crippen molar-refractivity contribution < 1.29 is 14.3 Å². The van der Waals surface area contributed by atoms with Crippen LogP contribution in [0.2, 0.25) is 10.0 Å². The van der Waals surface area contributed by atoms with Crippen molar-refractivity contribution in [1.29, 1.82) is 0 Å². The van der Waals surface area contributed by atoms with E-state index in [9.17, 15) is 4.79 Å². The normalized spacial score (nSPS) is 14.1. The molecule has 3 nitrogen and oxygen atoms in total. The molecule has 28 heavy (non-hydrogen) atoms. The van der Waals surface area contributed by atoms with Crippen LogP contribution >= 0.6 is 23.2 Å². The summed E-state index contributed by atoms with van der Waals surface area (Å²) in [6.45, 7) is 2.21. The van der Waals surface area contributed by atoms with E-state index < -0.39 is 0 Å². The lowest BCUT2D eigenvalue weighted by molar-refractivity contribution is 0.101. The number of aryl methyl sites for hydroxylation is 1. The van der Waals surface area contributed by atoms with Gasteiger partial charge in [-0.15, -0.1) is 0 Å². The van der Waals surface area contributed by atoms with Gasteiger partial charge in [-0.1, -0.05) is 53.5 Å². The van der Waals surface area contributed by atoms with Crippen molar-refractivity contribution in [3.05, 3.63) is 98.7 Å². The van der Waals surface area contributed by atoms with Gasteiger partial charge in [-0.05, 0) is 48.4 Å². The van der Waals surface area contributed by atoms with Crippen LogP contribution in [0.15, 0.2) is 66.4 Å². The summed E-state index contributed by atoms with van der Waals surface area (Å²) in [5, 5.41) is 1.09.